The van der Waals surface area contributed by atoms with Gasteiger partial charge in [-0.15, -0.1) is 11.8 Å². The maximum absolute atomic E-state index is 5.21. The van der Waals surface area contributed by atoms with Crippen LogP contribution in [-0.4, -0.2) is 40.6 Å². The number of nitrogens with zero attached hydrogens (tertiary/aromatic N) is 2. The third-order valence-corrected chi connectivity index (χ3v) is 3.69. The number of hydrogen-bond donors (Lipinski definition) is 1. The summed E-state index contributed by atoms with van der Waals surface area (Å²) in [5, 5.41) is 8.55. The largest absolute Gasteiger partial charge is 0.378 e. The highest BCUT2D eigenvalue weighted by Gasteiger charge is 2.33. The molecule has 0 atom stereocenters. The van der Waals surface area contributed by atoms with Crippen molar-refractivity contribution in [2.75, 3.05) is 19.5 Å². The Kier molecular flexibility index (Phi) is 2.04. The van der Waals surface area contributed by atoms with Crippen molar-refractivity contribution >= 4 is 11.8 Å². The zero-order valence-corrected chi connectivity index (χ0v) is 8.93. The summed E-state index contributed by atoms with van der Waals surface area (Å²) in [4.78, 5) is 2.46. The first-order valence-electron chi connectivity index (χ1n) is 4.80. The molecular weight excluding hydrogens is 198 g/mol. The SMILES string of the molecule is CSc1n[nH]c2c1CN(C1COC1)C2. The Bertz CT molecular complexity index is 348. The van der Waals surface area contributed by atoms with E-state index >= 15 is 0 Å². The maximum Gasteiger partial charge on any atom is 0.122 e. The molecule has 4 nitrogen and oxygen atoms in total. The highest BCUT2D eigenvalue weighted by atomic mass is 32.2. The third-order valence-electron chi connectivity index (χ3n) is 2.97. The van der Waals surface area contributed by atoms with Gasteiger partial charge in [0.05, 0.1) is 24.9 Å². The summed E-state index contributed by atoms with van der Waals surface area (Å²) in [5.41, 5.74) is 2.69. The maximum atomic E-state index is 5.21. The Balaban J connectivity index is 1.79. The molecule has 0 amide bonds. The summed E-state index contributed by atoms with van der Waals surface area (Å²) in [6.45, 7) is 3.84. The van der Waals surface area contributed by atoms with E-state index in [1.54, 1.807) is 11.8 Å². The number of aromatic amines is 1. The lowest BCUT2D eigenvalue weighted by molar-refractivity contribution is -0.0674. The zero-order chi connectivity index (χ0) is 9.54. The van der Waals surface area contributed by atoms with Crippen molar-refractivity contribution in [2.24, 2.45) is 0 Å². The molecule has 3 heterocycles. The Morgan fingerprint density at radius 1 is 1.50 bits per heavy atom. The van der Waals surface area contributed by atoms with Crippen molar-refractivity contribution in [1.29, 1.82) is 0 Å². The van der Waals surface area contributed by atoms with Crippen molar-refractivity contribution in [3.63, 3.8) is 0 Å². The summed E-state index contributed by atoms with van der Waals surface area (Å²) in [6.07, 6.45) is 2.07. The van der Waals surface area contributed by atoms with Gasteiger partial charge in [0.1, 0.15) is 5.03 Å². The van der Waals surface area contributed by atoms with E-state index in [0.29, 0.717) is 6.04 Å². The fourth-order valence-corrected chi connectivity index (χ4v) is 2.57. The molecule has 1 aromatic rings. The van der Waals surface area contributed by atoms with Crippen molar-refractivity contribution < 1.29 is 4.74 Å². The fraction of sp³-hybridized carbons (Fsp3) is 0.667. The van der Waals surface area contributed by atoms with E-state index < -0.39 is 0 Å². The summed E-state index contributed by atoms with van der Waals surface area (Å²) in [6, 6.07) is 0.630. The van der Waals surface area contributed by atoms with Crippen LogP contribution >= 0.6 is 11.8 Å². The molecule has 0 spiro atoms. The second kappa shape index (κ2) is 3.25. The highest BCUT2D eigenvalue weighted by molar-refractivity contribution is 7.98. The van der Waals surface area contributed by atoms with Gasteiger partial charge in [-0.1, -0.05) is 0 Å². The van der Waals surface area contributed by atoms with Crippen molar-refractivity contribution in [3.8, 4) is 0 Å². The van der Waals surface area contributed by atoms with Crippen molar-refractivity contribution in [3.05, 3.63) is 11.3 Å². The topological polar surface area (TPSA) is 41.2 Å². The van der Waals surface area contributed by atoms with Gasteiger partial charge in [0.25, 0.3) is 0 Å². The van der Waals surface area contributed by atoms with Gasteiger partial charge in [-0.3, -0.25) is 10.00 Å². The fourth-order valence-electron chi connectivity index (χ4n) is 2.00. The molecule has 1 N–H and O–H groups in total. The van der Waals surface area contributed by atoms with Gasteiger partial charge in [-0.05, 0) is 6.26 Å². The number of ether oxygens (including phenoxy) is 1. The molecule has 2 aliphatic heterocycles. The minimum absolute atomic E-state index is 0.630. The molecule has 0 aliphatic carbocycles. The van der Waals surface area contributed by atoms with Gasteiger partial charge in [-0.25, -0.2) is 0 Å². The predicted octanol–water partition coefficient (Wildman–Crippen LogP) is 0.846. The lowest BCUT2D eigenvalue weighted by Gasteiger charge is -2.34. The first-order valence-corrected chi connectivity index (χ1v) is 6.03. The molecule has 0 saturated carbocycles. The molecule has 0 aromatic carbocycles. The average Bonchev–Trinajstić information content (AvgIpc) is 2.59. The van der Waals surface area contributed by atoms with E-state index in [4.69, 9.17) is 4.74 Å². The number of fused-ring (bicyclic) bond motifs is 1. The highest BCUT2D eigenvalue weighted by Crippen LogP contribution is 2.31. The van der Waals surface area contributed by atoms with Gasteiger partial charge in [0.15, 0.2) is 0 Å². The van der Waals surface area contributed by atoms with Crippen LogP contribution in [0.4, 0.5) is 0 Å². The molecule has 0 radical (unpaired) electrons. The lowest BCUT2D eigenvalue weighted by Crippen LogP contribution is -2.46. The smallest absolute Gasteiger partial charge is 0.122 e. The lowest BCUT2D eigenvalue weighted by atomic mass is 10.2. The number of thioether (sulfide) groups is 1. The van der Waals surface area contributed by atoms with Crippen LogP contribution in [0.3, 0.4) is 0 Å². The van der Waals surface area contributed by atoms with Crippen LogP contribution in [0.25, 0.3) is 0 Å². The first kappa shape index (κ1) is 8.76. The van der Waals surface area contributed by atoms with Gasteiger partial charge >= 0.3 is 0 Å². The summed E-state index contributed by atoms with van der Waals surface area (Å²) >= 11 is 1.72. The van der Waals surface area contributed by atoms with Gasteiger partial charge in [0, 0.05) is 18.7 Å². The molecule has 1 fully saturated rings. The van der Waals surface area contributed by atoms with E-state index in [1.165, 1.54) is 11.3 Å². The second-order valence-electron chi connectivity index (χ2n) is 3.79. The number of H-pyrrole nitrogens is 1. The van der Waals surface area contributed by atoms with Crippen LogP contribution in [0.1, 0.15) is 11.3 Å². The minimum atomic E-state index is 0.630. The Morgan fingerprint density at radius 2 is 2.36 bits per heavy atom. The van der Waals surface area contributed by atoms with E-state index in [1.807, 2.05) is 0 Å². The quantitative estimate of drug-likeness (QED) is 0.736. The zero-order valence-electron chi connectivity index (χ0n) is 8.12. The Hall–Kier alpha value is -0.520. The van der Waals surface area contributed by atoms with Crippen LogP contribution < -0.4 is 0 Å². The second-order valence-corrected chi connectivity index (χ2v) is 4.58. The van der Waals surface area contributed by atoms with Gasteiger partial charge in [-0.2, -0.15) is 5.10 Å². The molecule has 2 aliphatic rings. The summed E-state index contributed by atoms with van der Waals surface area (Å²) in [5.74, 6) is 0. The van der Waals surface area contributed by atoms with Crippen molar-refractivity contribution in [1.82, 2.24) is 15.1 Å². The van der Waals surface area contributed by atoms with Crippen molar-refractivity contribution in [2.45, 2.75) is 24.2 Å². The van der Waals surface area contributed by atoms with Gasteiger partial charge in [0.2, 0.25) is 0 Å². The Labute approximate surface area is 87.0 Å². The normalized spacial score (nSPS) is 22.4. The summed E-state index contributed by atoms with van der Waals surface area (Å²) < 4.78 is 5.21. The molecule has 5 heteroatoms. The van der Waals surface area contributed by atoms with Gasteiger partial charge < -0.3 is 4.74 Å². The Morgan fingerprint density at radius 3 is 3.00 bits per heavy atom. The molecular formula is C9H13N3OS. The number of aromatic nitrogens is 2. The minimum Gasteiger partial charge on any atom is -0.378 e. The monoisotopic (exact) mass is 211 g/mol. The predicted molar refractivity (Wildman–Crippen MR) is 54.2 cm³/mol. The molecule has 0 bridgehead atoms. The average molecular weight is 211 g/mol. The van der Waals surface area contributed by atoms with E-state index in [2.05, 4.69) is 21.4 Å². The molecule has 14 heavy (non-hydrogen) atoms. The van der Waals surface area contributed by atoms with Crippen LogP contribution in [0.2, 0.25) is 0 Å². The molecule has 1 saturated heterocycles. The van der Waals surface area contributed by atoms with E-state index in [-0.39, 0.29) is 0 Å². The molecule has 1 aromatic heterocycles. The number of nitrogens with one attached hydrogen (secondary N) is 1. The molecule has 3 rings (SSSR count). The van der Waals surface area contributed by atoms with Crippen LogP contribution in [0.5, 0.6) is 0 Å². The third kappa shape index (κ3) is 1.20. The van der Waals surface area contributed by atoms with Crippen LogP contribution in [-0.2, 0) is 17.8 Å². The molecule has 76 valence electrons. The molecule has 0 unspecified atom stereocenters. The standard InChI is InChI=1S/C9H13N3OS/c1-14-9-7-2-12(6-4-13-5-6)3-8(7)10-11-9/h6H,2-5H2,1H3,(H,10,11). The van der Waals surface area contributed by atoms with E-state index in [0.717, 1.165) is 31.3 Å². The number of hydrogen-bond acceptors (Lipinski definition) is 4. The van der Waals surface area contributed by atoms with E-state index in [9.17, 15) is 0 Å². The van der Waals surface area contributed by atoms with Crippen LogP contribution in [0, 0.1) is 0 Å². The number of rotatable bonds is 2. The first-order chi connectivity index (χ1) is 6.88. The summed E-state index contributed by atoms with van der Waals surface area (Å²) in [7, 11) is 0. The van der Waals surface area contributed by atoms with Crippen LogP contribution in [0.15, 0.2) is 5.03 Å².